The summed E-state index contributed by atoms with van der Waals surface area (Å²) in [6.07, 6.45) is 0.557. The molecule has 0 saturated carbocycles. The Morgan fingerprint density at radius 3 is 2.50 bits per heavy atom. The summed E-state index contributed by atoms with van der Waals surface area (Å²) >= 11 is 10.5. The molecule has 0 saturated heterocycles. The Hall–Kier alpha value is -1.65. The SMILES string of the molecule is NC(=S)Cc1ccc(OCc2ccc(Cl)cc2F)cc1. The zero-order chi connectivity index (χ0) is 14.5. The standard InChI is InChI=1S/C15H13ClFNOS/c16-12-4-3-11(14(17)8-12)9-19-13-5-1-10(2-6-13)7-15(18)20/h1-6,8H,7,9H2,(H2,18,20). The summed E-state index contributed by atoms with van der Waals surface area (Å²) in [6, 6.07) is 11.9. The summed E-state index contributed by atoms with van der Waals surface area (Å²) < 4.78 is 19.1. The van der Waals surface area contributed by atoms with Crippen LogP contribution in [0.2, 0.25) is 5.02 Å². The van der Waals surface area contributed by atoms with Crippen LogP contribution in [0.4, 0.5) is 4.39 Å². The Bertz CT molecular complexity index is 616. The highest BCUT2D eigenvalue weighted by Gasteiger charge is 2.04. The molecule has 2 nitrogen and oxygen atoms in total. The van der Waals surface area contributed by atoms with Crippen LogP contribution in [0.15, 0.2) is 42.5 Å². The average molecular weight is 310 g/mol. The van der Waals surface area contributed by atoms with Crippen molar-refractivity contribution in [1.82, 2.24) is 0 Å². The van der Waals surface area contributed by atoms with E-state index in [0.717, 1.165) is 5.56 Å². The summed E-state index contributed by atoms with van der Waals surface area (Å²) in [4.78, 5) is 0.446. The number of ether oxygens (including phenoxy) is 1. The Morgan fingerprint density at radius 2 is 1.90 bits per heavy atom. The van der Waals surface area contributed by atoms with E-state index >= 15 is 0 Å². The lowest BCUT2D eigenvalue weighted by Gasteiger charge is -2.08. The fourth-order valence-electron chi connectivity index (χ4n) is 1.70. The summed E-state index contributed by atoms with van der Waals surface area (Å²) in [7, 11) is 0. The third kappa shape index (κ3) is 4.18. The van der Waals surface area contributed by atoms with E-state index in [1.165, 1.54) is 6.07 Å². The predicted molar refractivity (Wildman–Crippen MR) is 82.7 cm³/mol. The van der Waals surface area contributed by atoms with Crippen molar-refractivity contribution < 1.29 is 9.13 Å². The molecule has 0 unspecified atom stereocenters. The van der Waals surface area contributed by atoms with E-state index in [1.807, 2.05) is 12.1 Å². The van der Waals surface area contributed by atoms with E-state index in [0.29, 0.717) is 27.7 Å². The highest BCUT2D eigenvalue weighted by molar-refractivity contribution is 7.80. The maximum absolute atomic E-state index is 13.6. The Kier molecular flexibility index (Phi) is 4.93. The molecule has 2 rings (SSSR count). The molecule has 0 fully saturated rings. The van der Waals surface area contributed by atoms with Crippen LogP contribution in [0.5, 0.6) is 5.75 Å². The zero-order valence-corrected chi connectivity index (χ0v) is 12.2. The van der Waals surface area contributed by atoms with E-state index < -0.39 is 0 Å². The molecule has 2 aromatic carbocycles. The number of halogens is 2. The summed E-state index contributed by atoms with van der Waals surface area (Å²) in [5, 5.41) is 0.369. The van der Waals surface area contributed by atoms with Gasteiger partial charge >= 0.3 is 0 Å². The fraction of sp³-hybridized carbons (Fsp3) is 0.133. The van der Waals surface area contributed by atoms with Crippen LogP contribution < -0.4 is 10.5 Å². The van der Waals surface area contributed by atoms with Crippen molar-refractivity contribution in [2.24, 2.45) is 5.73 Å². The van der Waals surface area contributed by atoms with Gasteiger partial charge in [-0.05, 0) is 29.8 Å². The number of hydrogen-bond donors (Lipinski definition) is 1. The molecule has 5 heteroatoms. The van der Waals surface area contributed by atoms with Gasteiger partial charge in [0.25, 0.3) is 0 Å². The van der Waals surface area contributed by atoms with Gasteiger partial charge in [-0.1, -0.05) is 42.0 Å². The topological polar surface area (TPSA) is 35.2 Å². The van der Waals surface area contributed by atoms with Crippen LogP contribution >= 0.6 is 23.8 Å². The molecule has 0 aliphatic carbocycles. The first-order valence-electron chi connectivity index (χ1n) is 5.98. The maximum Gasteiger partial charge on any atom is 0.131 e. The van der Waals surface area contributed by atoms with Crippen LogP contribution in [-0.4, -0.2) is 4.99 Å². The number of rotatable bonds is 5. The molecule has 104 valence electrons. The molecule has 0 aliphatic heterocycles. The van der Waals surface area contributed by atoms with E-state index in [-0.39, 0.29) is 12.4 Å². The van der Waals surface area contributed by atoms with E-state index in [4.69, 9.17) is 34.3 Å². The first-order valence-corrected chi connectivity index (χ1v) is 6.77. The number of thiocarbonyl (C=S) groups is 1. The van der Waals surface area contributed by atoms with E-state index in [1.54, 1.807) is 24.3 Å². The van der Waals surface area contributed by atoms with Crippen molar-refractivity contribution in [3.8, 4) is 5.75 Å². The Labute approximate surface area is 127 Å². The van der Waals surface area contributed by atoms with Gasteiger partial charge in [0.1, 0.15) is 18.2 Å². The van der Waals surface area contributed by atoms with Gasteiger partial charge < -0.3 is 10.5 Å². The third-order valence-electron chi connectivity index (χ3n) is 2.71. The third-order valence-corrected chi connectivity index (χ3v) is 3.09. The van der Waals surface area contributed by atoms with Crippen LogP contribution in [0.25, 0.3) is 0 Å². The predicted octanol–water partition coefficient (Wildman–Crippen LogP) is 3.89. The lowest BCUT2D eigenvalue weighted by atomic mass is 10.1. The highest BCUT2D eigenvalue weighted by Crippen LogP contribution is 2.18. The van der Waals surface area contributed by atoms with Crippen molar-refractivity contribution in [2.45, 2.75) is 13.0 Å². The van der Waals surface area contributed by atoms with Gasteiger partial charge in [0.15, 0.2) is 0 Å². The molecule has 0 radical (unpaired) electrons. The van der Waals surface area contributed by atoms with Crippen molar-refractivity contribution in [3.63, 3.8) is 0 Å². The average Bonchev–Trinajstić information content (AvgIpc) is 2.39. The van der Waals surface area contributed by atoms with Gasteiger partial charge in [0.2, 0.25) is 0 Å². The molecular weight excluding hydrogens is 297 g/mol. The van der Waals surface area contributed by atoms with Crippen LogP contribution in [0, 0.1) is 5.82 Å². The summed E-state index contributed by atoms with van der Waals surface area (Å²) in [5.41, 5.74) is 6.95. The normalized spacial score (nSPS) is 10.3. The highest BCUT2D eigenvalue weighted by atomic mass is 35.5. The summed E-state index contributed by atoms with van der Waals surface area (Å²) in [5.74, 6) is 0.286. The smallest absolute Gasteiger partial charge is 0.131 e. The Morgan fingerprint density at radius 1 is 1.20 bits per heavy atom. The largest absolute Gasteiger partial charge is 0.489 e. The van der Waals surface area contributed by atoms with E-state index in [2.05, 4.69) is 0 Å². The minimum Gasteiger partial charge on any atom is -0.489 e. The molecular formula is C15H13ClFNOS. The van der Waals surface area contributed by atoms with Crippen molar-refractivity contribution in [1.29, 1.82) is 0 Å². The van der Waals surface area contributed by atoms with Gasteiger partial charge in [-0.3, -0.25) is 0 Å². The van der Waals surface area contributed by atoms with Gasteiger partial charge in [-0.2, -0.15) is 0 Å². The van der Waals surface area contributed by atoms with Gasteiger partial charge in [0, 0.05) is 17.0 Å². The first kappa shape index (κ1) is 14.8. The minimum atomic E-state index is -0.373. The molecule has 20 heavy (non-hydrogen) atoms. The molecule has 0 aliphatic rings. The van der Waals surface area contributed by atoms with Crippen LogP contribution in [0.1, 0.15) is 11.1 Å². The molecule has 0 amide bonds. The quantitative estimate of drug-likeness (QED) is 0.851. The molecule has 0 bridgehead atoms. The number of benzene rings is 2. The molecule has 2 aromatic rings. The molecule has 0 atom stereocenters. The van der Waals surface area contributed by atoms with Gasteiger partial charge in [-0.25, -0.2) is 4.39 Å². The Balaban J connectivity index is 1.98. The summed E-state index contributed by atoms with van der Waals surface area (Å²) in [6.45, 7) is 0.150. The molecule has 2 N–H and O–H groups in total. The molecule has 0 heterocycles. The van der Waals surface area contributed by atoms with Crippen molar-refractivity contribution in [3.05, 3.63) is 64.4 Å². The number of nitrogens with two attached hydrogens (primary N) is 1. The monoisotopic (exact) mass is 309 g/mol. The first-order chi connectivity index (χ1) is 9.54. The lowest BCUT2D eigenvalue weighted by molar-refractivity contribution is 0.300. The second-order valence-corrected chi connectivity index (χ2v) is 5.27. The fourth-order valence-corrected chi connectivity index (χ4v) is 2.03. The van der Waals surface area contributed by atoms with Crippen molar-refractivity contribution in [2.75, 3.05) is 0 Å². The van der Waals surface area contributed by atoms with Crippen LogP contribution in [-0.2, 0) is 13.0 Å². The lowest BCUT2D eigenvalue weighted by Crippen LogP contribution is -2.10. The van der Waals surface area contributed by atoms with Crippen molar-refractivity contribution >= 4 is 28.8 Å². The zero-order valence-electron chi connectivity index (χ0n) is 10.6. The van der Waals surface area contributed by atoms with Gasteiger partial charge in [0.05, 0.1) is 4.99 Å². The second-order valence-electron chi connectivity index (χ2n) is 4.31. The van der Waals surface area contributed by atoms with Gasteiger partial charge in [-0.15, -0.1) is 0 Å². The second kappa shape index (κ2) is 6.68. The minimum absolute atomic E-state index is 0.150. The maximum atomic E-state index is 13.6. The number of hydrogen-bond acceptors (Lipinski definition) is 2. The molecule has 0 spiro atoms. The van der Waals surface area contributed by atoms with Crippen LogP contribution in [0.3, 0.4) is 0 Å². The molecule has 0 aromatic heterocycles. The van der Waals surface area contributed by atoms with E-state index in [9.17, 15) is 4.39 Å².